The fourth-order valence-corrected chi connectivity index (χ4v) is 3.11. The minimum Gasteiger partial charge on any atom is -0.399 e. The third-order valence-corrected chi connectivity index (χ3v) is 4.76. The number of amides is 1. The zero-order valence-electron chi connectivity index (χ0n) is 15.8. The second kappa shape index (κ2) is 8.46. The van der Waals surface area contributed by atoms with Gasteiger partial charge in [0.1, 0.15) is 5.82 Å². The van der Waals surface area contributed by atoms with Crippen molar-refractivity contribution in [1.29, 1.82) is 0 Å². The van der Waals surface area contributed by atoms with Crippen LogP contribution in [0.15, 0.2) is 47.0 Å². The third-order valence-electron chi connectivity index (χ3n) is 4.53. The lowest BCUT2D eigenvalue weighted by molar-refractivity contribution is 0.0991. The number of benzene rings is 1. The quantitative estimate of drug-likeness (QED) is 0.658. The fraction of sp³-hybridized carbons (Fsp3) is 0.263. The number of carbonyl (C=O) groups is 1. The molecule has 1 aliphatic rings. The number of hydrogen-bond donors (Lipinski definition) is 2. The van der Waals surface area contributed by atoms with Crippen LogP contribution in [0.2, 0.25) is 5.02 Å². The molecule has 1 amide bonds. The first-order valence-corrected chi connectivity index (χ1v) is 9.51. The normalized spacial score (nSPS) is 14.6. The van der Waals surface area contributed by atoms with Crippen LogP contribution < -0.4 is 15.5 Å². The van der Waals surface area contributed by atoms with Crippen LogP contribution in [0.3, 0.4) is 0 Å². The van der Waals surface area contributed by atoms with Crippen LogP contribution in [0, 0.1) is 0 Å². The lowest BCUT2D eigenvalue weighted by Gasteiger charge is -2.33. The van der Waals surface area contributed by atoms with E-state index in [1.165, 1.54) is 0 Å². The molecule has 10 heteroatoms. The van der Waals surface area contributed by atoms with Gasteiger partial charge >= 0.3 is 17.8 Å². The van der Waals surface area contributed by atoms with Crippen molar-refractivity contribution >= 4 is 40.7 Å². The smallest absolute Gasteiger partial charge is 0.320 e. The van der Waals surface area contributed by atoms with Crippen molar-refractivity contribution in [3.63, 3.8) is 0 Å². The summed E-state index contributed by atoms with van der Waals surface area (Å²) in [5.74, 6) is 0.227. The molecule has 3 heterocycles. The Bertz CT molecular complexity index is 984. The summed E-state index contributed by atoms with van der Waals surface area (Å²) >= 11 is 5.94. The van der Waals surface area contributed by atoms with Crippen LogP contribution in [-0.4, -0.2) is 59.2 Å². The molecule has 0 unspecified atom stereocenters. The molecule has 0 bridgehead atoms. The third kappa shape index (κ3) is 4.82. The largest absolute Gasteiger partial charge is 0.399 e. The molecule has 29 heavy (non-hydrogen) atoms. The van der Waals surface area contributed by atoms with E-state index in [1.807, 2.05) is 6.07 Å². The van der Waals surface area contributed by atoms with E-state index in [2.05, 4.69) is 42.7 Å². The first-order valence-electron chi connectivity index (χ1n) is 9.14. The van der Waals surface area contributed by atoms with E-state index in [9.17, 15) is 4.79 Å². The minimum atomic E-state index is -0.509. The van der Waals surface area contributed by atoms with Gasteiger partial charge in [-0.1, -0.05) is 22.8 Å². The highest BCUT2D eigenvalue weighted by molar-refractivity contribution is 6.30. The molecular formula is C19H20ClN7O2. The van der Waals surface area contributed by atoms with E-state index in [0.29, 0.717) is 16.4 Å². The Morgan fingerprint density at radius 3 is 2.66 bits per heavy atom. The first-order chi connectivity index (χ1) is 14.1. The van der Waals surface area contributed by atoms with Gasteiger partial charge in [0.25, 0.3) is 0 Å². The summed E-state index contributed by atoms with van der Waals surface area (Å²) in [5, 5.41) is 13.8. The maximum Gasteiger partial charge on any atom is 0.320 e. The van der Waals surface area contributed by atoms with E-state index in [0.717, 1.165) is 32.0 Å². The summed E-state index contributed by atoms with van der Waals surface area (Å²) in [6.45, 7) is 3.87. The minimum absolute atomic E-state index is 0.0981. The molecule has 4 rings (SSSR count). The topological polar surface area (TPSA) is 99.4 Å². The van der Waals surface area contributed by atoms with E-state index < -0.39 is 5.91 Å². The molecule has 2 N–H and O–H groups in total. The zero-order valence-corrected chi connectivity index (χ0v) is 16.6. The number of hydrogen-bond acceptors (Lipinski definition) is 8. The monoisotopic (exact) mass is 413 g/mol. The molecule has 150 valence electrons. The molecule has 0 spiro atoms. The average molecular weight is 414 g/mol. The second-order valence-electron chi connectivity index (χ2n) is 6.70. The maximum atomic E-state index is 12.4. The molecule has 0 aliphatic carbocycles. The van der Waals surface area contributed by atoms with Crippen molar-refractivity contribution in [2.75, 3.05) is 48.8 Å². The Labute approximate surface area is 172 Å². The molecule has 0 atom stereocenters. The van der Waals surface area contributed by atoms with Gasteiger partial charge in [0.05, 0.1) is 11.9 Å². The summed E-state index contributed by atoms with van der Waals surface area (Å²) in [4.78, 5) is 21.3. The number of rotatable bonds is 5. The van der Waals surface area contributed by atoms with Gasteiger partial charge in [-0.2, -0.15) is 0 Å². The number of anilines is 4. The average Bonchev–Trinajstić information content (AvgIpc) is 3.18. The molecule has 1 aromatic carbocycles. The highest BCUT2D eigenvalue weighted by Gasteiger charge is 2.17. The van der Waals surface area contributed by atoms with Gasteiger partial charge in [-0.3, -0.25) is 4.79 Å². The number of carbonyl (C=O) groups excluding carboxylic acids is 1. The summed E-state index contributed by atoms with van der Waals surface area (Å²) in [6.07, 6.45) is 1.62. The predicted octanol–water partition coefficient (Wildman–Crippen LogP) is 2.87. The Hall–Kier alpha value is -3.17. The Morgan fingerprint density at radius 1 is 1.10 bits per heavy atom. The van der Waals surface area contributed by atoms with Gasteiger partial charge < -0.3 is 24.9 Å². The molecule has 9 nitrogen and oxygen atoms in total. The standard InChI is InChI=1S/C19H20ClN7O2/c1-26-7-9-27(10-8-26)16-6-5-15(12-21-16)22-17(28)18-24-25-19(29-18)23-14-4-2-3-13(20)11-14/h2-6,11-12H,7-10H2,1H3,(H,22,28)(H,23,25). The van der Waals surface area contributed by atoms with Crippen molar-refractivity contribution in [2.24, 2.45) is 0 Å². The van der Waals surface area contributed by atoms with Crippen LogP contribution in [0.25, 0.3) is 0 Å². The molecule has 1 aliphatic heterocycles. The molecule has 2 aromatic heterocycles. The predicted molar refractivity (Wildman–Crippen MR) is 111 cm³/mol. The Kier molecular flexibility index (Phi) is 5.59. The second-order valence-corrected chi connectivity index (χ2v) is 7.13. The first kappa shape index (κ1) is 19.2. The van der Waals surface area contributed by atoms with Crippen molar-refractivity contribution < 1.29 is 9.21 Å². The summed E-state index contributed by atoms with van der Waals surface area (Å²) in [6, 6.07) is 10.8. The summed E-state index contributed by atoms with van der Waals surface area (Å²) in [7, 11) is 2.11. The maximum absolute atomic E-state index is 12.4. The molecule has 3 aromatic rings. The van der Waals surface area contributed by atoms with E-state index in [1.54, 1.807) is 36.5 Å². The van der Waals surface area contributed by atoms with Crippen molar-refractivity contribution in [3.8, 4) is 0 Å². The molecular weight excluding hydrogens is 394 g/mol. The van der Waals surface area contributed by atoms with Crippen molar-refractivity contribution in [1.82, 2.24) is 20.1 Å². The van der Waals surface area contributed by atoms with Crippen LogP contribution >= 0.6 is 11.6 Å². The van der Waals surface area contributed by atoms with Gasteiger partial charge in [0, 0.05) is 36.9 Å². The van der Waals surface area contributed by atoms with Gasteiger partial charge in [-0.05, 0) is 37.4 Å². The SMILES string of the molecule is CN1CCN(c2ccc(NC(=O)c3nnc(Nc4cccc(Cl)c4)o3)cn2)CC1. The highest BCUT2D eigenvalue weighted by Crippen LogP contribution is 2.20. The zero-order chi connectivity index (χ0) is 20.2. The molecule has 1 saturated heterocycles. The summed E-state index contributed by atoms with van der Waals surface area (Å²) < 4.78 is 5.37. The summed E-state index contributed by atoms with van der Waals surface area (Å²) in [5.41, 5.74) is 1.23. The molecule has 1 fully saturated rings. The number of aromatic nitrogens is 3. The number of halogens is 1. The molecule has 0 radical (unpaired) electrons. The number of pyridine rings is 1. The van der Waals surface area contributed by atoms with Crippen molar-refractivity contribution in [3.05, 3.63) is 53.5 Å². The Balaban J connectivity index is 1.36. The lowest BCUT2D eigenvalue weighted by atomic mass is 10.3. The van der Waals surface area contributed by atoms with E-state index in [4.69, 9.17) is 16.0 Å². The van der Waals surface area contributed by atoms with Gasteiger partial charge in [0.2, 0.25) is 0 Å². The number of nitrogens with zero attached hydrogens (tertiary/aromatic N) is 5. The van der Waals surface area contributed by atoms with Crippen molar-refractivity contribution in [2.45, 2.75) is 0 Å². The van der Waals surface area contributed by atoms with E-state index >= 15 is 0 Å². The number of likely N-dealkylation sites (N-methyl/N-ethyl adjacent to an activating group) is 1. The van der Waals surface area contributed by atoms with Crippen LogP contribution in [-0.2, 0) is 0 Å². The van der Waals surface area contributed by atoms with E-state index in [-0.39, 0.29) is 11.9 Å². The fourth-order valence-electron chi connectivity index (χ4n) is 2.92. The van der Waals surface area contributed by atoms with Gasteiger partial charge in [-0.15, -0.1) is 5.10 Å². The molecule has 0 saturated carbocycles. The van der Waals surface area contributed by atoms with Gasteiger partial charge in [0.15, 0.2) is 0 Å². The van der Waals surface area contributed by atoms with Crippen LogP contribution in [0.5, 0.6) is 0 Å². The van der Waals surface area contributed by atoms with Crippen LogP contribution in [0.1, 0.15) is 10.7 Å². The number of nitrogens with one attached hydrogen (secondary N) is 2. The van der Waals surface area contributed by atoms with Crippen LogP contribution in [0.4, 0.5) is 23.2 Å². The lowest BCUT2D eigenvalue weighted by Crippen LogP contribution is -2.44. The van der Waals surface area contributed by atoms with Gasteiger partial charge in [-0.25, -0.2) is 4.98 Å². The highest BCUT2D eigenvalue weighted by atomic mass is 35.5. The Morgan fingerprint density at radius 2 is 1.93 bits per heavy atom. The number of piperazine rings is 1.